The van der Waals surface area contributed by atoms with E-state index < -0.39 is 41.3 Å². The summed E-state index contributed by atoms with van der Waals surface area (Å²) in [7, 11) is 3.34. The number of carbonyl (C=O) groups is 4. The number of rotatable bonds is 10. The first-order valence-electron chi connectivity index (χ1n) is 23.0. The van der Waals surface area contributed by atoms with Gasteiger partial charge in [-0.1, -0.05) is 39.8 Å². The topological polar surface area (TPSA) is 159 Å². The molecule has 4 atom stereocenters. The lowest BCUT2D eigenvalue weighted by molar-refractivity contribution is -0.155. The van der Waals surface area contributed by atoms with E-state index in [2.05, 4.69) is 73.0 Å². The summed E-state index contributed by atoms with van der Waals surface area (Å²) in [6, 6.07) is 13.2. The molecule has 0 saturated carbocycles. The van der Waals surface area contributed by atoms with Gasteiger partial charge in [-0.2, -0.15) is 0 Å². The summed E-state index contributed by atoms with van der Waals surface area (Å²) < 4.78 is 14.0. The van der Waals surface area contributed by atoms with Crippen LogP contribution in [0.25, 0.3) is 33.3 Å². The summed E-state index contributed by atoms with van der Waals surface area (Å²) >= 11 is 0. The Hall–Kier alpha value is -5.31. The minimum Gasteiger partial charge on any atom is -0.508 e. The van der Waals surface area contributed by atoms with Gasteiger partial charge >= 0.3 is 5.97 Å². The largest absolute Gasteiger partial charge is 0.508 e. The third kappa shape index (κ3) is 9.84. The zero-order valence-electron chi connectivity index (χ0n) is 39.1. The second-order valence-electron chi connectivity index (χ2n) is 19.4. The Morgan fingerprint density at radius 1 is 1.06 bits per heavy atom. The molecule has 3 N–H and O–H groups in total. The van der Waals surface area contributed by atoms with Crippen LogP contribution < -0.4 is 10.7 Å². The highest BCUT2D eigenvalue weighted by Crippen LogP contribution is 2.41. The third-order valence-electron chi connectivity index (χ3n) is 13.2. The number of cyclic esters (lactones) is 1. The van der Waals surface area contributed by atoms with E-state index in [0.29, 0.717) is 57.1 Å². The van der Waals surface area contributed by atoms with Crippen LogP contribution >= 0.6 is 0 Å². The molecular weight excluding hydrogens is 811 g/mol. The minimum atomic E-state index is -1.11. The molecule has 4 aromatic rings. The monoisotopic (exact) mass is 878 g/mol. The highest BCUT2D eigenvalue weighted by molar-refractivity contribution is 5.96. The van der Waals surface area contributed by atoms with Crippen LogP contribution in [0, 0.1) is 17.3 Å². The number of likely N-dealkylation sites (N-methyl/N-ethyl adjacent to an activating group) is 1. The van der Waals surface area contributed by atoms with Crippen molar-refractivity contribution in [2.75, 3.05) is 40.4 Å². The predicted octanol–water partition coefficient (Wildman–Crippen LogP) is 6.10. The van der Waals surface area contributed by atoms with Crippen LogP contribution in [0.15, 0.2) is 54.7 Å². The number of amides is 3. The Kier molecular flexibility index (Phi) is 14.2. The lowest BCUT2D eigenvalue weighted by Crippen LogP contribution is -2.62. The van der Waals surface area contributed by atoms with Gasteiger partial charge < -0.3 is 34.3 Å². The number of ether oxygens (including phenoxy) is 2. The van der Waals surface area contributed by atoms with Crippen molar-refractivity contribution in [3.8, 4) is 28.1 Å². The highest BCUT2D eigenvalue weighted by atomic mass is 16.5. The van der Waals surface area contributed by atoms with Gasteiger partial charge in [-0.3, -0.25) is 29.2 Å². The van der Waals surface area contributed by atoms with Gasteiger partial charge in [-0.15, -0.1) is 0 Å². The van der Waals surface area contributed by atoms with Gasteiger partial charge in [0, 0.05) is 74.3 Å². The van der Waals surface area contributed by atoms with E-state index in [4.69, 9.17) is 14.5 Å². The summed E-state index contributed by atoms with van der Waals surface area (Å²) in [6.07, 6.45) is 4.10. The average molecular weight is 878 g/mol. The van der Waals surface area contributed by atoms with E-state index >= 15 is 0 Å². The standard InChI is InChI=1S/C50H67N7O7/c1-10-56-43-16-15-33-25-38(43)39(45(56)37-13-11-18-51-42(37)28-63-9)26-50(6,7)29-64-49(62)40-14-12-19-57(53-40)48(61)41(23-32-21-35(33)24-36(58)22-32)52-46(59)44(30(2)3)54(8)47(60)34-17-20-55(27-34)31(4)5/h11,13,15-16,18,21-22,24-25,30-31,34,40-41,44,53,58H,10,12,14,17,19-20,23,26-29H2,1-9H3,(H,52,59)/t34-,40-,41-,44-/m0/s1. The molecule has 0 spiro atoms. The van der Waals surface area contributed by atoms with Crippen molar-refractivity contribution < 1.29 is 33.8 Å². The molecule has 7 rings (SSSR count). The quantitative estimate of drug-likeness (QED) is 0.159. The van der Waals surface area contributed by atoms with Crippen molar-refractivity contribution in [3.05, 3.63) is 71.5 Å². The van der Waals surface area contributed by atoms with Gasteiger partial charge in [0.15, 0.2) is 0 Å². The molecule has 0 radical (unpaired) electrons. The number of hydrogen-bond donors (Lipinski definition) is 3. The number of phenols is 1. The Balaban J connectivity index is 1.31. The van der Waals surface area contributed by atoms with Crippen LogP contribution in [-0.2, 0) is 54.6 Å². The van der Waals surface area contributed by atoms with E-state index in [1.54, 1.807) is 37.4 Å². The number of carbonyl (C=O) groups excluding carboxylic acids is 4. The predicted molar refractivity (Wildman–Crippen MR) is 247 cm³/mol. The minimum absolute atomic E-state index is 0.0172. The zero-order valence-corrected chi connectivity index (χ0v) is 39.1. The summed E-state index contributed by atoms with van der Waals surface area (Å²) in [5.74, 6) is -1.90. The normalized spacial score (nSPS) is 21.2. The number of esters is 1. The van der Waals surface area contributed by atoms with Gasteiger partial charge in [0.2, 0.25) is 11.8 Å². The summed E-state index contributed by atoms with van der Waals surface area (Å²) in [5, 5.41) is 16.8. The molecule has 2 fully saturated rings. The number of pyridine rings is 1. The molecule has 0 unspecified atom stereocenters. The molecule has 2 aromatic heterocycles. The molecular formula is C50H67N7O7. The van der Waals surface area contributed by atoms with Crippen molar-refractivity contribution >= 4 is 34.6 Å². The molecule has 0 aliphatic carbocycles. The van der Waals surface area contributed by atoms with Gasteiger partial charge in [0.05, 0.1) is 30.5 Å². The first-order valence-corrected chi connectivity index (χ1v) is 23.0. The van der Waals surface area contributed by atoms with Crippen molar-refractivity contribution in [1.82, 2.24) is 35.1 Å². The number of aryl methyl sites for hydroxylation is 1. The molecule has 2 saturated heterocycles. The number of benzene rings is 2. The maximum atomic E-state index is 14.7. The van der Waals surface area contributed by atoms with Gasteiger partial charge in [-0.25, -0.2) is 5.43 Å². The molecule has 2 aromatic carbocycles. The summed E-state index contributed by atoms with van der Waals surface area (Å²) in [6.45, 7) is 17.2. The van der Waals surface area contributed by atoms with Crippen LogP contribution in [0.1, 0.15) is 84.5 Å². The number of aromatic hydroxyl groups is 1. The van der Waals surface area contributed by atoms with Crippen LogP contribution in [-0.4, -0.2) is 118 Å². The second kappa shape index (κ2) is 19.4. The number of nitrogens with one attached hydrogen (secondary N) is 2. The Morgan fingerprint density at radius 3 is 2.55 bits per heavy atom. The van der Waals surface area contributed by atoms with E-state index in [1.807, 2.05) is 32.0 Å². The fraction of sp³-hybridized carbons (Fsp3) is 0.540. The smallest absolute Gasteiger partial charge is 0.324 e. The number of methoxy groups -OCH3 is 1. The first-order chi connectivity index (χ1) is 30.5. The Morgan fingerprint density at radius 2 is 1.84 bits per heavy atom. The zero-order chi connectivity index (χ0) is 46.0. The summed E-state index contributed by atoms with van der Waals surface area (Å²) in [5.41, 5.74) is 9.76. The Bertz CT molecular complexity index is 2370. The number of fused-ring (bicyclic) bond motifs is 6. The number of nitrogens with zero attached hydrogens (tertiary/aromatic N) is 5. The summed E-state index contributed by atoms with van der Waals surface area (Å²) in [4.78, 5) is 65.6. The first kappa shape index (κ1) is 46.7. The third-order valence-corrected chi connectivity index (χ3v) is 13.2. The Labute approximate surface area is 377 Å². The van der Waals surface area contributed by atoms with E-state index in [1.165, 1.54) is 5.01 Å². The molecule has 6 bridgehead atoms. The number of likely N-dealkylation sites (tertiary alicyclic amines) is 1. The molecule has 3 aliphatic heterocycles. The number of aromatic nitrogens is 2. The van der Waals surface area contributed by atoms with Gasteiger partial charge in [0.1, 0.15) is 23.9 Å². The van der Waals surface area contributed by atoms with Crippen molar-refractivity contribution in [1.29, 1.82) is 0 Å². The molecule has 3 aliphatic rings. The maximum absolute atomic E-state index is 14.7. The van der Waals surface area contributed by atoms with Crippen LogP contribution in [0.2, 0.25) is 0 Å². The molecule has 3 amide bonds. The van der Waals surface area contributed by atoms with Crippen molar-refractivity contribution in [3.63, 3.8) is 0 Å². The fourth-order valence-corrected chi connectivity index (χ4v) is 9.98. The molecule has 14 nitrogen and oxygen atoms in total. The van der Waals surface area contributed by atoms with E-state index in [-0.39, 0.29) is 36.5 Å². The van der Waals surface area contributed by atoms with Crippen LogP contribution in [0.3, 0.4) is 0 Å². The average Bonchev–Trinajstić information content (AvgIpc) is 3.88. The highest BCUT2D eigenvalue weighted by Gasteiger charge is 2.40. The molecule has 5 heterocycles. The molecule has 14 heteroatoms. The second-order valence-corrected chi connectivity index (χ2v) is 19.4. The van der Waals surface area contributed by atoms with Crippen molar-refractivity contribution in [2.24, 2.45) is 17.3 Å². The SMILES string of the molecule is CCn1c(-c2cccnc2COC)c2c3cc(ccc31)-c1cc(O)cc(c1)C[C@H](NC(=O)[C@H](C(C)C)N(C)C(=O)[C@H]1CCN(C(C)C)C1)C(=O)N1CCC[C@H](N1)C(=O)OCC(C)(C)C2. The molecule has 344 valence electrons. The van der Waals surface area contributed by atoms with Gasteiger partial charge in [-0.05, 0) is 118 Å². The molecule has 64 heavy (non-hydrogen) atoms. The van der Waals surface area contributed by atoms with Gasteiger partial charge in [0.25, 0.3) is 5.91 Å². The fourth-order valence-electron chi connectivity index (χ4n) is 9.98. The number of hydrogen-bond acceptors (Lipinski definition) is 10. The van der Waals surface area contributed by atoms with E-state index in [0.717, 1.165) is 57.5 Å². The van der Waals surface area contributed by atoms with Crippen LogP contribution in [0.4, 0.5) is 0 Å². The number of phenolic OH excluding ortho intramolecular Hbond substituents is 1. The lowest BCUT2D eigenvalue weighted by atomic mass is 9.84. The number of hydrazine groups is 1. The lowest BCUT2D eigenvalue weighted by Gasteiger charge is -2.37. The van der Waals surface area contributed by atoms with E-state index in [9.17, 15) is 24.3 Å². The maximum Gasteiger partial charge on any atom is 0.324 e. The van der Waals surface area contributed by atoms with Crippen LogP contribution in [0.5, 0.6) is 5.75 Å². The van der Waals surface area contributed by atoms with Crippen molar-refractivity contribution in [2.45, 2.75) is 118 Å².